The molecule has 2 saturated heterocycles. The molecule has 0 aromatic carbocycles. The van der Waals surface area contributed by atoms with Gasteiger partial charge >= 0.3 is 6.09 Å². The quantitative estimate of drug-likeness (QED) is 0.684. The lowest BCUT2D eigenvalue weighted by atomic mass is 9.96. The standard InChI is InChI=1S/C21H27ClN4O2/c1-21(2,3)28-20(27)26-13-7-8-14(26)11-15(10-13)25(4)19-16-6-5-9-23-17(16)12-18(22)24-19/h5-6,9,12-15H,7-8,10-11H2,1-4H3/t13-,14+,15?. The molecule has 2 fully saturated rings. The van der Waals surface area contributed by atoms with Gasteiger partial charge in [0.05, 0.1) is 5.52 Å². The van der Waals surface area contributed by atoms with Crippen LogP contribution in [-0.4, -0.2) is 51.7 Å². The molecule has 28 heavy (non-hydrogen) atoms. The number of piperidine rings is 1. The molecule has 2 aromatic heterocycles. The predicted molar refractivity (Wildman–Crippen MR) is 111 cm³/mol. The molecule has 0 aliphatic carbocycles. The van der Waals surface area contributed by atoms with E-state index in [1.165, 1.54) is 0 Å². The van der Waals surface area contributed by atoms with Crippen molar-refractivity contribution in [3.05, 3.63) is 29.5 Å². The fourth-order valence-electron chi connectivity index (χ4n) is 4.55. The number of ether oxygens (including phenoxy) is 1. The molecule has 6 nitrogen and oxygen atoms in total. The van der Waals surface area contributed by atoms with Gasteiger partial charge < -0.3 is 14.5 Å². The molecule has 0 radical (unpaired) electrons. The van der Waals surface area contributed by atoms with E-state index in [4.69, 9.17) is 16.3 Å². The SMILES string of the molecule is CN(c1nc(Cl)cc2ncccc12)C1C[C@H]2CC[C@@H](C1)N2C(=O)OC(C)(C)C. The zero-order chi connectivity index (χ0) is 20.1. The lowest BCUT2D eigenvalue weighted by Gasteiger charge is -2.42. The molecule has 7 heteroatoms. The second-order valence-corrected chi connectivity index (χ2v) is 9.23. The highest BCUT2D eigenvalue weighted by Crippen LogP contribution is 2.40. The molecule has 4 heterocycles. The highest BCUT2D eigenvalue weighted by Gasteiger charge is 2.46. The van der Waals surface area contributed by atoms with Gasteiger partial charge in [0, 0.05) is 42.8 Å². The summed E-state index contributed by atoms with van der Waals surface area (Å²) in [6.07, 6.45) is 5.45. The number of amides is 1. The van der Waals surface area contributed by atoms with Crippen LogP contribution in [0.1, 0.15) is 46.5 Å². The maximum absolute atomic E-state index is 12.7. The monoisotopic (exact) mass is 402 g/mol. The fourth-order valence-corrected chi connectivity index (χ4v) is 4.73. The lowest BCUT2D eigenvalue weighted by Crippen LogP contribution is -2.53. The molecule has 2 aliphatic rings. The first-order valence-corrected chi connectivity index (χ1v) is 10.3. The van der Waals surface area contributed by atoms with E-state index in [1.807, 2.05) is 37.8 Å². The van der Waals surface area contributed by atoms with Crippen LogP contribution in [0, 0.1) is 0 Å². The van der Waals surface area contributed by atoms with Crippen molar-refractivity contribution in [2.75, 3.05) is 11.9 Å². The van der Waals surface area contributed by atoms with E-state index in [1.54, 1.807) is 12.3 Å². The molecule has 150 valence electrons. The van der Waals surface area contributed by atoms with Crippen LogP contribution in [0.2, 0.25) is 5.15 Å². The number of carbonyl (C=O) groups excluding carboxylic acids is 1. The minimum atomic E-state index is -0.471. The van der Waals surface area contributed by atoms with Gasteiger partial charge in [-0.2, -0.15) is 0 Å². The van der Waals surface area contributed by atoms with Gasteiger partial charge in [0.25, 0.3) is 0 Å². The Morgan fingerprint density at radius 3 is 2.61 bits per heavy atom. The summed E-state index contributed by atoms with van der Waals surface area (Å²) in [7, 11) is 2.07. The second kappa shape index (κ2) is 7.07. The first-order chi connectivity index (χ1) is 13.2. The minimum absolute atomic E-state index is 0.184. The summed E-state index contributed by atoms with van der Waals surface area (Å²) in [6.45, 7) is 5.74. The van der Waals surface area contributed by atoms with Gasteiger partial charge in [0.1, 0.15) is 16.6 Å². The molecule has 1 amide bonds. The average molecular weight is 403 g/mol. The normalized spacial score (nSPS) is 24.5. The smallest absolute Gasteiger partial charge is 0.410 e. The maximum Gasteiger partial charge on any atom is 0.410 e. The summed E-state index contributed by atoms with van der Waals surface area (Å²) in [6, 6.07) is 6.47. The highest BCUT2D eigenvalue weighted by molar-refractivity contribution is 6.30. The van der Waals surface area contributed by atoms with E-state index in [0.717, 1.165) is 42.4 Å². The minimum Gasteiger partial charge on any atom is -0.444 e. The predicted octanol–water partition coefficient (Wildman–Crippen LogP) is 4.65. The fraction of sp³-hybridized carbons (Fsp3) is 0.571. The first-order valence-electron chi connectivity index (χ1n) is 9.88. The number of hydrogen-bond acceptors (Lipinski definition) is 5. The molecule has 1 unspecified atom stereocenters. The molecular weight excluding hydrogens is 376 g/mol. The lowest BCUT2D eigenvalue weighted by molar-refractivity contribution is 0.00598. The van der Waals surface area contributed by atoms with E-state index in [0.29, 0.717) is 11.2 Å². The number of aromatic nitrogens is 2. The molecule has 0 spiro atoms. The zero-order valence-corrected chi connectivity index (χ0v) is 17.6. The van der Waals surface area contributed by atoms with E-state index < -0.39 is 5.60 Å². The van der Waals surface area contributed by atoms with Gasteiger partial charge in [0.15, 0.2) is 0 Å². The van der Waals surface area contributed by atoms with Crippen LogP contribution in [-0.2, 0) is 4.74 Å². The molecule has 2 bridgehead atoms. The Morgan fingerprint density at radius 2 is 1.96 bits per heavy atom. The molecule has 0 saturated carbocycles. The van der Waals surface area contributed by atoms with Crippen molar-refractivity contribution in [1.82, 2.24) is 14.9 Å². The van der Waals surface area contributed by atoms with Crippen molar-refractivity contribution < 1.29 is 9.53 Å². The van der Waals surface area contributed by atoms with Crippen molar-refractivity contribution >= 4 is 34.4 Å². The maximum atomic E-state index is 12.7. The van der Waals surface area contributed by atoms with Crippen LogP contribution in [0.4, 0.5) is 10.6 Å². The number of fused-ring (bicyclic) bond motifs is 3. The Bertz CT molecular complexity index is 884. The van der Waals surface area contributed by atoms with Crippen LogP contribution < -0.4 is 4.90 Å². The number of anilines is 1. The van der Waals surface area contributed by atoms with E-state index >= 15 is 0 Å². The van der Waals surface area contributed by atoms with Crippen LogP contribution in [0.3, 0.4) is 0 Å². The molecule has 2 aromatic rings. The highest BCUT2D eigenvalue weighted by atomic mass is 35.5. The van der Waals surface area contributed by atoms with Gasteiger partial charge in [0.2, 0.25) is 0 Å². The molecule has 2 aliphatic heterocycles. The van der Waals surface area contributed by atoms with E-state index in [9.17, 15) is 4.79 Å². The Hall–Kier alpha value is -2.08. The molecular formula is C21H27ClN4O2. The molecule has 4 rings (SSSR count). The number of hydrogen-bond donors (Lipinski definition) is 0. The van der Waals surface area contributed by atoms with Gasteiger partial charge in [-0.3, -0.25) is 4.98 Å². The van der Waals surface area contributed by atoms with E-state index in [-0.39, 0.29) is 18.2 Å². The largest absolute Gasteiger partial charge is 0.444 e. The topological polar surface area (TPSA) is 58.6 Å². The van der Waals surface area contributed by atoms with Crippen molar-refractivity contribution in [1.29, 1.82) is 0 Å². The van der Waals surface area contributed by atoms with Gasteiger partial charge in [-0.15, -0.1) is 0 Å². The summed E-state index contributed by atoms with van der Waals surface area (Å²) in [5.74, 6) is 0.853. The van der Waals surface area contributed by atoms with Crippen LogP contribution >= 0.6 is 11.6 Å². The number of halogens is 1. The van der Waals surface area contributed by atoms with Crippen LogP contribution in [0.25, 0.3) is 10.9 Å². The van der Waals surface area contributed by atoms with Crippen LogP contribution in [0.15, 0.2) is 24.4 Å². The van der Waals surface area contributed by atoms with Crippen molar-refractivity contribution in [2.24, 2.45) is 0 Å². The third-order valence-corrected chi connectivity index (χ3v) is 5.94. The van der Waals surface area contributed by atoms with Crippen molar-refractivity contribution in [3.8, 4) is 0 Å². The number of pyridine rings is 2. The third-order valence-electron chi connectivity index (χ3n) is 5.74. The summed E-state index contributed by atoms with van der Waals surface area (Å²) in [4.78, 5) is 25.9. The second-order valence-electron chi connectivity index (χ2n) is 8.85. The molecule has 0 N–H and O–H groups in total. The average Bonchev–Trinajstić information content (AvgIpc) is 2.89. The zero-order valence-electron chi connectivity index (χ0n) is 16.9. The van der Waals surface area contributed by atoms with Crippen molar-refractivity contribution in [3.63, 3.8) is 0 Å². The number of nitrogens with zero attached hydrogens (tertiary/aromatic N) is 4. The van der Waals surface area contributed by atoms with Gasteiger partial charge in [-0.25, -0.2) is 9.78 Å². The summed E-state index contributed by atoms with van der Waals surface area (Å²) in [5, 5.41) is 1.44. The Kier molecular flexibility index (Phi) is 4.86. The third kappa shape index (κ3) is 3.62. The first kappa shape index (κ1) is 19.2. The summed E-state index contributed by atoms with van der Waals surface area (Å²) >= 11 is 6.26. The Labute approximate surface area is 170 Å². The number of carbonyl (C=O) groups is 1. The summed E-state index contributed by atoms with van der Waals surface area (Å²) in [5.41, 5.74) is 0.374. The van der Waals surface area contributed by atoms with Crippen LogP contribution in [0.5, 0.6) is 0 Å². The Balaban J connectivity index is 1.56. The number of rotatable bonds is 2. The van der Waals surface area contributed by atoms with E-state index in [2.05, 4.69) is 21.9 Å². The molecule has 3 atom stereocenters. The van der Waals surface area contributed by atoms with Crippen molar-refractivity contribution in [2.45, 2.75) is 70.2 Å². The summed E-state index contributed by atoms with van der Waals surface area (Å²) < 4.78 is 5.65. The van der Waals surface area contributed by atoms with Gasteiger partial charge in [-0.05, 0) is 58.6 Å². The van der Waals surface area contributed by atoms with Gasteiger partial charge in [-0.1, -0.05) is 11.6 Å². The Morgan fingerprint density at radius 1 is 1.29 bits per heavy atom.